The van der Waals surface area contributed by atoms with Gasteiger partial charge in [-0.15, -0.1) is 0 Å². The summed E-state index contributed by atoms with van der Waals surface area (Å²) >= 11 is 0. The second-order valence-corrected chi connectivity index (χ2v) is 7.45. The monoisotopic (exact) mass is 352 g/mol. The molecule has 2 aliphatic rings. The number of rotatable bonds is 4. The number of halogens is 1. The molecule has 0 bridgehead atoms. The molecule has 0 aliphatic carbocycles. The summed E-state index contributed by atoms with van der Waals surface area (Å²) in [6, 6.07) is 0.0259. The van der Waals surface area contributed by atoms with E-state index < -0.39 is 11.4 Å². The van der Waals surface area contributed by atoms with Crippen LogP contribution in [0.25, 0.3) is 0 Å². The molecule has 138 valence electrons. The molecule has 0 aromatic carbocycles. The summed E-state index contributed by atoms with van der Waals surface area (Å²) in [5.41, 5.74) is -0.853. The predicted molar refractivity (Wildman–Crippen MR) is 89.7 cm³/mol. The van der Waals surface area contributed by atoms with E-state index in [0.29, 0.717) is 31.9 Å². The Bertz CT molecular complexity index is 605. The molecule has 2 fully saturated rings. The maximum atomic E-state index is 13.0. The van der Waals surface area contributed by atoms with Crippen LogP contribution in [0, 0.1) is 5.82 Å². The number of ether oxygens (including phenoxy) is 1. The number of hydrogen-bond acceptors (Lipinski definition) is 6. The van der Waals surface area contributed by atoms with E-state index in [2.05, 4.69) is 9.97 Å². The van der Waals surface area contributed by atoms with Crippen LogP contribution in [0.5, 0.6) is 0 Å². The molecule has 2 aliphatic heterocycles. The fraction of sp³-hybridized carbons (Fsp3) is 0.706. The quantitative estimate of drug-likeness (QED) is 0.892. The zero-order valence-corrected chi connectivity index (χ0v) is 14.7. The van der Waals surface area contributed by atoms with Gasteiger partial charge in [0, 0.05) is 32.5 Å². The van der Waals surface area contributed by atoms with Crippen LogP contribution in [-0.4, -0.2) is 63.4 Å². The number of aliphatic hydroxyl groups is 1. The Morgan fingerprint density at radius 2 is 2.04 bits per heavy atom. The number of amides is 1. The standard InChI is InChI=1S/C17H25FN4O3/c1-17(2,24)8-14-5-7-22(16(23)25-14)13-4-3-6-21(11-13)15-19-9-12(18)10-20-15/h9-10,13-14,24H,3-8,11H2,1-2H3/t13?,14-/m0/s1. The molecule has 1 amide bonds. The first kappa shape index (κ1) is 17.8. The number of cyclic esters (lactones) is 1. The normalized spacial score (nSPS) is 25.0. The summed E-state index contributed by atoms with van der Waals surface area (Å²) < 4.78 is 18.5. The molecular formula is C17H25FN4O3. The van der Waals surface area contributed by atoms with E-state index in [4.69, 9.17) is 4.74 Å². The van der Waals surface area contributed by atoms with Gasteiger partial charge in [-0.25, -0.2) is 19.2 Å². The lowest BCUT2D eigenvalue weighted by molar-refractivity contribution is -0.0327. The molecule has 2 atom stereocenters. The molecular weight excluding hydrogens is 327 g/mol. The number of carbonyl (C=O) groups excluding carboxylic acids is 1. The topological polar surface area (TPSA) is 78.8 Å². The molecule has 7 nitrogen and oxygen atoms in total. The van der Waals surface area contributed by atoms with E-state index in [1.807, 2.05) is 4.90 Å². The van der Waals surface area contributed by atoms with Crippen molar-refractivity contribution in [2.75, 3.05) is 24.5 Å². The zero-order valence-electron chi connectivity index (χ0n) is 14.7. The van der Waals surface area contributed by atoms with Crippen LogP contribution in [0.3, 0.4) is 0 Å². The summed E-state index contributed by atoms with van der Waals surface area (Å²) in [5, 5.41) is 9.90. The molecule has 2 saturated heterocycles. The third-order valence-electron chi connectivity index (χ3n) is 4.65. The first-order valence-electron chi connectivity index (χ1n) is 8.74. The molecule has 0 radical (unpaired) electrons. The summed E-state index contributed by atoms with van der Waals surface area (Å²) in [7, 11) is 0. The smallest absolute Gasteiger partial charge is 0.410 e. The lowest BCUT2D eigenvalue weighted by atomic mass is 9.97. The van der Waals surface area contributed by atoms with Crippen LogP contribution in [0.1, 0.15) is 39.5 Å². The van der Waals surface area contributed by atoms with Crippen molar-refractivity contribution < 1.29 is 19.0 Å². The SMILES string of the molecule is CC(C)(O)C[C@@H]1CCN(C2CCCN(c3ncc(F)cn3)C2)C(=O)O1. The van der Waals surface area contributed by atoms with Gasteiger partial charge in [0.25, 0.3) is 0 Å². The summed E-state index contributed by atoms with van der Waals surface area (Å²) in [5.74, 6) is 0.0196. The molecule has 1 unspecified atom stereocenters. The van der Waals surface area contributed by atoms with Crippen molar-refractivity contribution in [3.8, 4) is 0 Å². The maximum Gasteiger partial charge on any atom is 0.410 e. The Morgan fingerprint density at radius 1 is 1.32 bits per heavy atom. The van der Waals surface area contributed by atoms with Crippen molar-refractivity contribution >= 4 is 12.0 Å². The van der Waals surface area contributed by atoms with Gasteiger partial charge in [0.1, 0.15) is 6.10 Å². The molecule has 25 heavy (non-hydrogen) atoms. The number of piperidine rings is 1. The van der Waals surface area contributed by atoms with Gasteiger partial charge in [0.2, 0.25) is 5.95 Å². The maximum absolute atomic E-state index is 13.0. The minimum atomic E-state index is -0.853. The number of hydrogen-bond donors (Lipinski definition) is 1. The van der Waals surface area contributed by atoms with Gasteiger partial charge in [-0.3, -0.25) is 0 Å². The number of carbonyl (C=O) groups is 1. The van der Waals surface area contributed by atoms with Crippen LogP contribution < -0.4 is 4.90 Å². The Balaban J connectivity index is 1.60. The van der Waals surface area contributed by atoms with Crippen molar-refractivity contribution in [2.24, 2.45) is 0 Å². The van der Waals surface area contributed by atoms with E-state index in [1.165, 1.54) is 0 Å². The first-order valence-corrected chi connectivity index (χ1v) is 8.74. The van der Waals surface area contributed by atoms with Gasteiger partial charge >= 0.3 is 6.09 Å². The average Bonchev–Trinajstić information content (AvgIpc) is 2.54. The Kier molecular flexibility index (Phi) is 5.08. The van der Waals surface area contributed by atoms with Gasteiger partial charge in [-0.05, 0) is 26.7 Å². The molecule has 3 heterocycles. The third-order valence-corrected chi connectivity index (χ3v) is 4.65. The van der Waals surface area contributed by atoms with Gasteiger partial charge < -0.3 is 19.6 Å². The number of nitrogens with zero attached hydrogens (tertiary/aromatic N) is 4. The molecule has 0 saturated carbocycles. The Hall–Kier alpha value is -1.96. The van der Waals surface area contributed by atoms with Crippen LogP contribution >= 0.6 is 0 Å². The van der Waals surface area contributed by atoms with Gasteiger partial charge in [0.15, 0.2) is 5.82 Å². The summed E-state index contributed by atoms with van der Waals surface area (Å²) in [6.07, 6.45) is 4.68. The van der Waals surface area contributed by atoms with Crippen LogP contribution in [0.15, 0.2) is 12.4 Å². The van der Waals surface area contributed by atoms with E-state index >= 15 is 0 Å². The van der Waals surface area contributed by atoms with E-state index in [0.717, 1.165) is 31.8 Å². The second-order valence-electron chi connectivity index (χ2n) is 7.45. The average molecular weight is 352 g/mol. The van der Waals surface area contributed by atoms with Crippen molar-refractivity contribution in [3.05, 3.63) is 18.2 Å². The lowest BCUT2D eigenvalue weighted by Crippen LogP contribution is -2.54. The minimum absolute atomic E-state index is 0.0259. The van der Waals surface area contributed by atoms with Crippen molar-refractivity contribution in [2.45, 2.75) is 57.3 Å². The van der Waals surface area contributed by atoms with Crippen LogP contribution in [0.4, 0.5) is 15.1 Å². The zero-order chi connectivity index (χ0) is 18.0. The Morgan fingerprint density at radius 3 is 2.68 bits per heavy atom. The van der Waals surface area contributed by atoms with Gasteiger partial charge in [-0.1, -0.05) is 0 Å². The van der Waals surface area contributed by atoms with Gasteiger partial charge in [-0.2, -0.15) is 0 Å². The van der Waals surface area contributed by atoms with Crippen molar-refractivity contribution in [1.29, 1.82) is 0 Å². The predicted octanol–water partition coefficient (Wildman–Crippen LogP) is 1.96. The summed E-state index contributed by atoms with van der Waals surface area (Å²) in [4.78, 5) is 24.2. The van der Waals surface area contributed by atoms with Crippen LogP contribution in [0.2, 0.25) is 0 Å². The minimum Gasteiger partial charge on any atom is -0.446 e. The molecule has 1 aromatic heterocycles. The highest BCUT2D eigenvalue weighted by Crippen LogP contribution is 2.26. The largest absolute Gasteiger partial charge is 0.446 e. The highest BCUT2D eigenvalue weighted by atomic mass is 19.1. The fourth-order valence-electron chi connectivity index (χ4n) is 3.54. The fourth-order valence-corrected chi connectivity index (χ4v) is 3.54. The van der Waals surface area contributed by atoms with Crippen LogP contribution in [-0.2, 0) is 4.74 Å². The molecule has 1 N–H and O–H groups in total. The number of anilines is 1. The molecule has 3 rings (SSSR count). The van der Waals surface area contributed by atoms with Gasteiger partial charge in [0.05, 0.1) is 24.0 Å². The second kappa shape index (κ2) is 7.11. The van der Waals surface area contributed by atoms with Crippen molar-refractivity contribution in [3.63, 3.8) is 0 Å². The van der Waals surface area contributed by atoms with E-state index in [1.54, 1.807) is 18.7 Å². The van der Waals surface area contributed by atoms with E-state index in [9.17, 15) is 14.3 Å². The number of aromatic nitrogens is 2. The molecule has 8 heteroatoms. The Labute approximate surface area is 146 Å². The lowest BCUT2D eigenvalue weighted by Gasteiger charge is -2.42. The first-order chi connectivity index (χ1) is 11.8. The highest BCUT2D eigenvalue weighted by Gasteiger charge is 2.36. The van der Waals surface area contributed by atoms with E-state index in [-0.39, 0.29) is 18.2 Å². The summed E-state index contributed by atoms with van der Waals surface area (Å²) in [6.45, 7) is 5.44. The van der Waals surface area contributed by atoms with Crippen molar-refractivity contribution in [1.82, 2.24) is 14.9 Å². The molecule has 1 aromatic rings. The molecule has 0 spiro atoms. The highest BCUT2D eigenvalue weighted by molar-refractivity contribution is 5.69. The third kappa shape index (κ3) is 4.56.